The second-order valence-corrected chi connectivity index (χ2v) is 4.64. The van der Waals surface area contributed by atoms with Gasteiger partial charge in [0, 0.05) is 6.07 Å². The van der Waals surface area contributed by atoms with Crippen molar-refractivity contribution in [2.45, 2.75) is 0 Å². The first kappa shape index (κ1) is 13.2. The highest BCUT2D eigenvalue weighted by Gasteiger charge is 2.14. The maximum Gasteiger partial charge on any atom is 0.267 e. The number of carbonyl (C=O) groups excluding carboxylic acids is 1. The van der Waals surface area contributed by atoms with E-state index in [1.54, 1.807) is 36.8 Å². The average Bonchev–Trinajstić information content (AvgIpc) is 2.85. The van der Waals surface area contributed by atoms with Gasteiger partial charge in [-0.3, -0.25) is 4.79 Å². The Hall–Kier alpha value is -2.21. The molecule has 0 aliphatic carbocycles. The van der Waals surface area contributed by atoms with E-state index in [-0.39, 0.29) is 5.91 Å². The maximum absolute atomic E-state index is 12.1. The number of ether oxygens (including phenoxy) is 2. The lowest BCUT2D eigenvalue weighted by molar-refractivity contribution is 0.103. The van der Waals surface area contributed by atoms with Crippen LogP contribution in [0.4, 0.5) is 11.4 Å². The minimum atomic E-state index is -0.265. The summed E-state index contributed by atoms with van der Waals surface area (Å²) in [6.45, 7) is 0. The van der Waals surface area contributed by atoms with Crippen LogP contribution in [-0.4, -0.2) is 20.1 Å². The van der Waals surface area contributed by atoms with Gasteiger partial charge in [-0.05, 0) is 23.6 Å². The smallest absolute Gasteiger partial charge is 0.267 e. The van der Waals surface area contributed by atoms with E-state index in [4.69, 9.17) is 15.2 Å². The van der Waals surface area contributed by atoms with Crippen molar-refractivity contribution in [1.82, 2.24) is 0 Å². The lowest BCUT2D eigenvalue weighted by Crippen LogP contribution is -2.12. The zero-order valence-corrected chi connectivity index (χ0v) is 11.4. The van der Waals surface area contributed by atoms with Crippen LogP contribution in [0.3, 0.4) is 0 Å². The average molecular weight is 278 g/mol. The van der Waals surface area contributed by atoms with Crippen molar-refractivity contribution < 1.29 is 14.3 Å². The lowest BCUT2D eigenvalue weighted by Gasteiger charge is -2.11. The van der Waals surface area contributed by atoms with Crippen LogP contribution >= 0.6 is 11.3 Å². The largest absolute Gasteiger partial charge is 0.497 e. The molecule has 1 heterocycles. The summed E-state index contributed by atoms with van der Waals surface area (Å²) in [7, 11) is 3.10. The van der Waals surface area contributed by atoms with E-state index in [0.29, 0.717) is 27.8 Å². The summed E-state index contributed by atoms with van der Waals surface area (Å²) in [4.78, 5) is 12.6. The number of nitrogens with one attached hydrogen (secondary N) is 1. The van der Waals surface area contributed by atoms with Crippen LogP contribution in [-0.2, 0) is 0 Å². The Kier molecular flexibility index (Phi) is 3.91. The monoisotopic (exact) mass is 278 g/mol. The molecule has 2 aromatic rings. The highest BCUT2D eigenvalue weighted by Crippen LogP contribution is 2.30. The molecule has 0 atom stereocenters. The second-order valence-electron chi connectivity index (χ2n) is 3.73. The molecule has 19 heavy (non-hydrogen) atoms. The van der Waals surface area contributed by atoms with Gasteiger partial charge in [0.05, 0.1) is 25.6 Å². The number of carbonyl (C=O) groups is 1. The fraction of sp³-hybridized carbons (Fsp3) is 0.154. The fourth-order valence-electron chi connectivity index (χ4n) is 1.59. The first-order chi connectivity index (χ1) is 9.15. The zero-order valence-electron chi connectivity index (χ0n) is 10.6. The molecule has 1 aromatic carbocycles. The van der Waals surface area contributed by atoms with Gasteiger partial charge in [0.25, 0.3) is 5.91 Å². The van der Waals surface area contributed by atoms with E-state index < -0.39 is 0 Å². The number of nitrogens with two attached hydrogens (primary N) is 1. The Morgan fingerprint density at radius 1 is 1.26 bits per heavy atom. The van der Waals surface area contributed by atoms with Crippen LogP contribution in [0, 0.1) is 0 Å². The summed E-state index contributed by atoms with van der Waals surface area (Å²) in [6.07, 6.45) is 0. The molecule has 100 valence electrons. The number of methoxy groups -OCH3 is 2. The molecule has 0 spiro atoms. The minimum Gasteiger partial charge on any atom is -0.497 e. The van der Waals surface area contributed by atoms with Crippen LogP contribution < -0.4 is 20.5 Å². The summed E-state index contributed by atoms with van der Waals surface area (Å²) in [5.74, 6) is 0.929. The quantitative estimate of drug-likeness (QED) is 0.901. The van der Waals surface area contributed by atoms with E-state index in [9.17, 15) is 4.79 Å². The number of hydrogen-bond donors (Lipinski definition) is 2. The number of anilines is 2. The van der Waals surface area contributed by atoms with Crippen molar-refractivity contribution in [3.8, 4) is 11.5 Å². The van der Waals surface area contributed by atoms with Crippen molar-refractivity contribution in [3.05, 3.63) is 34.5 Å². The van der Waals surface area contributed by atoms with Crippen LogP contribution in [0.15, 0.2) is 29.6 Å². The standard InChI is InChI=1S/C13H14N2O3S/c1-17-8-3-4-11(18-2)10(7-8)15-13(16)12-9(14)5-6-19-12/h3-7H,14H2,1-2H3,(H,15,16). The molecular weight excluding hydrogens is 264 g/mol. The summed E-state index contributed by atoms with van der Waals surface area (Å²) in [6, 6.07) is 6.88. The Bertz CT molecular complexity index is 595. The molecule has 0 bridgehead atoms. The number of benzene rings is 1. The van der Waals surface area contributed by atoms with Gasteiger partial charge in [0.2, 0.25) is 0 Å². The minimum absolute atomic E-state index is 0.265. The molecule has 3 N–H and O–H groups in total. The summed E-state index contributed by atoms with van der Waals surface area (Å²) >= 11 is 1.29. The number of hydrogen-bond acceptors (Lipinski definition) is 5. The van der Waals surface area contributed by atoms with Gasteiger partial charge >= 0.3 is 0 Å². The first-order valence-electron chi connectivity index (χ1n) is 5.52. The topological polar surface area (TPSA) is 73.6 Å². The highest BCUT2D eigenvalue weighted by atomic mass is 32.1. The van der Waals surface area contributed by atoms with Crippen molar-refractivity contribution >= 4 is 28.6 Å². The predicted octanol–water partition coefficient (Wildman–Crippen LogP) is 2.60. The fourth-order valence-corrected chi connectivity index (χ4v) is 2.31. The van der Waals surface area contributed by atoms with Gasteiger partial charge in [-0.1, -0.05) is 0 Å². The normalized spacial score (nSPS) is 10.0. The van der Waals surface area contributed by atoms with Gasteiger partial charge < -0.3 is 20.5 Å². The molecule has 6 heteroatoms. The number of amides is 1. The van der Waals surface area contributed by atoms with E-state index in [0.717, 1.165) is 0 Å². The van der Waals surface area contributed by atoms with Gasteiger partial charge in [-0.15, -0.1) is 11.3 Å². The highest BCUT2D eigenvalue weighted by molar-refractivity contribution is 7.12. The van der Waals surface area contributed by atoms with Gasteiger partial charge in [0.1, 0.15) is 16.4 Å². The Morgan fingerprint density at radius 2 is 2.05 bits per heavy atom. The van der Waals surface area contributed by atoms with Crippen molar-refractivity contribution in [3.63, 3.8) is 0 Å². The molecule has 0 saturated carbocycles. The summed E-state index contributed by atoms with van der Waals surface area (Å²) in [5.41, 5.74) is 6.72. The lowest BCUT2D eigenvalue weighted by atomic mass is 10.2. The van der Waals surface area contributed by atoms with Crippen LogP contribution in [0.5, 0.6) is 11.5 Å². The molecule has 0 radical (unpaired) electrons. The van der Waals surface area contributed by atoms with Gasteiger partial charge in [-0.25, -0.2) is 0 Å². The predicted molar refractivity (Wildman–Crippen MR) is 76.2 cm³/mol. The van der Waals surface area contributed by atoms with Crippen molar-refractivity contribution in [2.24, 2.45) is 0 Å². The van der Waals surface area contributed by atoms with E-state index in [2.05, 4.69) is 5.32 Å². The van der Waals surface area contributed by atoms with E-state index >= 15 is 0 Å². The number of thiophene rings is 1. The molecule has 0 unspecified atom stereocenters. The molecule has 1 amide bonds. The van der Waals surface area contributed by atoms with E-state index in [1.165, 1.54) is 18.4 Å². The third kappa shape index (κ3) is 2.79. The second kappa shape index (κ2) is 5.62. The summed E-state index contributed by atoms with van der Waals surface area (Å²) in [5, 5.41) is 4.54. The molecule has 5 nitrogen and oxygen atoms in total. The third-order valence-corrected chi connectivity index (χ3v) is 3.49. The van der Waals surface area contributed by atoms with Crippen molar-refractivity contribution in [2.75, 3.05) is 25.3 Å². The molecule has 0 saturated heterocycles. The SMILES string of the molecule is COc1ccc(OC)c(NC(=O)c2sccc2N)c1. The van der Waals surface area contributed by atoms with Crippen LogP contribution in [0.2, 0.25) is 0 Å². The molecule has 0 fully saturated rings. The summed E-state index contributed by atoms with van der Waals surface area (Å²) < 4.78 is 10.3. The zero-order chi connectivity index (χ0) is 13.8. The van der Waals surface area contributed by atoms with E-state index in [1.807, 2.05) is 0 Å². The molecule has 0 aliphatic rings. The van der Waals surface area contributed by atoms with Gasteiger partial charge in [0.15, 0.2) is 0 Å². The maximum atomic E-state index is 12.1. The molecule has 1 aromatic heterocycles. The third-order valence-electron chi connectivity index (χ3n) is 2.56. The number of rotatable bonds is 4. The van der Waals surface area contributed by atoms with Crippen LogP contribution in [0.25, 0.3) is 0 Å². The number of nitrogen functional groups attached to an aromatic ring is 1. The molecule has 0 aliphatic heterocycles. The first-order valence-corrected chi connectivity index (χ1v) is 6.40. The Labute approximate surface area is 115 Å². The molecule has 2 rings (SSSR count). The van der Waals surface area contributed by atoms with Gasteiger partial charge in [-0.2, -0.15) is 0 Å². The Balaban J connectivity index is 2.27. The van der Waals surface area contributed by atoms with Crippen molar-refractivity contribution in [1.29, 1.82) is 0 Å². The van der Waals surface area contributed by atoms with Crippen LogP contribution in [0.1, 0.15) is 9.67 Å². The molecular formula is C13H14N2O3S. The Morgan fingerprint density at radius 3 is 2.63 bits per heavy atom.